The van der Waals surface area contributed by atoms with Crippen LogP contribution in [-0.4, -0.2) is 47.8 Å². The Morgan fingerprint density at radius 2 is 2.14 bits per heavy atom. The summed E-state index contributed by atoms with van der Waals surface area (Å²) in [6.45, 7) is 6.35. The zero-order chi connectivity index (χ0) is 20.9. The highest BCUT2D eigenvalue weighted by atomic mass is 35.5. The molecule has 0 aliphatic carbocycles. The van der Waals surface area contributed by atoms with Crippen LogP contribution in [0.5, 0.6) is 0 Å². The molecule has 0 radical (unpaired) electrons. The largest absolute Gasteiger partial charge is 0.416 e. The van der Waals surface area contributed by atoms with Crippen LogP contribution in [0.4, 0.5) is 23.8 Å². The van der Waals surface area contributed by atoms with Gasteiger partial charge in [-0.2, -0.15) is 13.2 Å². The molecule has 2 rings (SSSR count). The lowest BCUT2D eigenvalue weighted by Gasteiger charge is -2.40. The molecule has 2 amide bonds. The summed E-state index contributed by atoms with van der Waals surface area (Å²) in [6, 6.07) is 2.80. The number of rotatable bonds is 4. The quantitative estimate of drug-likeness (QED) is 0.739. The predicted octanol–water partition coefficient (Wildman–Crippen LogP) is 3.43. The third-order valence-electron chi connectivity index (χ3n) is 4.17. The lowest BCUT2D eigenvalue weighted by molar-refractivity contribution is -0.0881. The lowest BCUT2D eigenvalue weighted by atomic mass is 10.2. The average molecular weight is 416 g/mol. The van der Waals surface area contributed by atoms with Crippen LogP contribution in [0.3, 0.4) is 0 Å². The number of hydrogen-bond donors (Lipinski definition) is 2. The van der Waals surface area contributed by atoms with E-state index in [9.17, 15) is 18.0 Å². The Morgan fingerprint density at radius 3 is 2.71 bits per heavy atom. The number of aromatic nitrogens is 1. The number of allylic oxidation sites excluding steroid dienone is 4. The molecule has 1 aromatic rings. The van der Waals surface area contributed by atoms with Gasteiger partial charge >= 0.3 is 12.2 Å². The Balaban J connectivity index is 2.00. The molecule has 0 saturated carbocycles. The molecular weight excluding hydrogens is 395 g/mol. The van der Waals surface area contributed by atoms with Gasteiger partial charge < -0.3 is 15.5 Å². The van der Waals surface area contributed by atoms with Crippen molar-refractivity contribution in [3.63, 3.8) is 0 Å². The zero-order valence-corrected chi connectivity index (χ0v) is 16.0. The van der Waals surface area contributed by atoms with Crippen LogP contribution >= 0.6 is 11.6 Å². The van der Waals surface area contributed by atoms with Gasteiger partial charge in [-0.25, -0.2) is 9.78 Å². The number of urea groups is 1. The van der Waals surface area contributed by atoms with E-state index in [1.54, 1.807) is 23.2 Å². The fourth-order valence-corrected chi connectivity index (χ4v) is 3.00. The summed E-state index contributed by atoms with van der Waals surface area (Å²) in [6.07, 6.45) is -0.484. The second-order valence-electron chi connectivity index (χ2n) is 6.17. The number of carbonyl (C=O) groups excluding carboxylic acids is 1. The summed E-state index contributed by atoms with van der Waals surface area (Å²) >= 11 is 6.16. The topological polar surface area (TPSA) is 74.5 Å². The summed E-state index contributed by atoms with van der Waals surface area (Å²) in [5, 5.41) is 2.92. The van der Waals surface area contributed by atoms with Crippen molar-refractivity contribution in [2.45, 2.75) is 19.1 Å². The van der Waals surface area contributed by atoms with Gasteiger partial charge in [0.2, 0.25) is 0 Å². The Kier molecular flexibility index (Phi) is 6.95. The SMILES string of the molecule is C=C/C(=C\C=C(/N)NC(=O)N1CCN(c2ncccc2Cl)C[C@H]1C)C(F)(F)F. The summed E-state index contributed by atoms with van der Waals surface area (Å²) in [5.74, 6) is 0.445. The molecular formula is C18H21ClF3N5O. The fourth-order valence-electron chi connectivity index (χ4n) is 2.76. The van der Waals surface area contributed by atoms with Crippen molar-refractivity contribution in [1.29, 1.82) is 0 Å². The van der Waals surface area contributed by atoms with Gasteiger partial charge in [-0.15, -0.1) is 0 Å². The van der Waals surface area contributed by atoms with Gasteiger partial charge in [-0.1, -0.05) is 24.3 Å². The second-order valence-corrected chi connectivity index (χ2v) is 6.58. The first kappa shape index (κ1) is 21.6. The maximum atomic E-state index is 12.7. The van der Waals surface area contributed by atoms with Crippen LogP contribution < -0.4 is 16.0 Å². The van der Waals surface area contributed by atoms with Crippen molar-refractivity contribution < 1.29 is 18.0 Å². The molecule has 1 aliphatic rings. The molecule has 0 spiro atoms. The number of nitrogens with one attached hydrogen (secondary N) is 1. The van der Waals surface area contributed by atoms with Crippen LogP contribution in [0.25, 0.3) is 0 Å². The molecule has 1 aliphatic heterocycles. The summed E-state index contributed by atoms with van der Waals surface area (Å²) in [7, 11) is 0. The van der Waals surface area contributed by atoms with Crippen LogP contribution in [0.2, 0.25) is 5.02 Å². The van der Waals surface area contributed by atoms with Crippen molar-refractivity contribution in [2.24, 2.45) is 5.73 Å². The minimum absolute atomic E-state index is 0.186. The standard InChI is InChI=1S/C18H21ClF3N5O/c1-3-13(18(20,21)22)6-7-15(23)25-17(28)27-10-9-26(11-12(27)2)16-14(19)5-4-8-24-16/h3-8,12H,1,9-11,23H2,2H3,(H,25,28)/b13-6+,15-7+/t12-/m1/s1. The molecule has 1 atom stereocenters. The van der Waals surface area contributed by atoms with Gasteiger partial charge in [0, 0.05) is 31.9 Å². The average Bonchev–Trinajstić information content (AvgIpc) is 2.61. The van der Waals surface area contributed by atoms with Gasteiger partial charge in [0.15, 0.2) is 0 Å². The molecule has 0 bridgehead atoms. The Hall–Kier alpha value is -2.68. The van der Waals surface area contributed by atoms with E-state index >= 15 is 0 Å². The molecule has 6 nitrogen and oxygen atoms in total. The van der Waals surface area contributed by atoms with Crippen molar-refractivity contribution in [2.75, 3.05) is 24.5 Å². The summed E-state index contributed by atoms with van der Waals surface area (Å²) in [4.78, 5) is 20.2. The molecule has 0 unspecified atom stereocenters. The van der Waals surface area contributed by atoms with Crippen LogP contribution in [0.15, 0.2) is 54.5 Å². The van der Waals surface area contributed by atoms with E-state index in [4.69, 9.17) is 17.3 Å². The smallest absolute Gasteiger partial charge is 0.385 e. The van der Waals surface area contributed by atoms with E-state index in [1.807, 2.05) is 11.8 Å². The Morgan fingerprint density at radius 1 is 1.43 bits per heavy atom. The van der Waals surface area contributed by atoms with Gasteiger partial charge in [0.1, 0.15) is 11.6 Å². The Bertz CT molecular complexity index is 794. The highest BCUT2D eigenvalue weighted by Crippen LogP contribution is 2.26. The molecule has 1 aromatic heterocycles. The third-order valence-corrected chi connectivity index (χ3v) is 4.46. The fraction of sp³-hybridized carbons (Fsp3) is 0.333. The number of amides is 2. The molecule has 3 N–H and O–H groups in total. The first-order valence-corrected chi connectivity index (χ1v) is 8.81. The van der Waals surface area contributed by atoms with E-state index in [0.717, 1.165) is 12.2 Å². The molecule has 0 aromatic carbocycles. The number of pyridine rings is 1. The first-order valence-electron chi connectivity index (χ1n) is 8.43. The molecule has 2 heterocycles. The van der Waals surface area contributed by atoms with E-state index < -0.39 is 17.8 Å². The lowest BCUT2D eigenvalue weighted by Crippen LogP contribution is -2.57. The molecule has 1 saturated heterocycles. The maximum absolute atomic E-state index is 12.7. The van der Waals surface area contributed by atoms with Crippen LogP contribution in [-0.2, 0) is 0 Å². The molecule has 28 heavy (non-hydrogen) atoms. The van der Waals surface area contributed by atoms with Gasteiger partial charge in [0.25, 0.3) is 0 Å². The molecule has 10 heteroatoms. The number of nitrogens with two attached hydrogens (primary N) is 1. The molecule has 152 valence electrons. The van der Waals surface area contributed by atoms with Gasteiger partial charge in [-0.05, 0) is 31.2 Å². The van der Waals surface area contributed by atoms with E-state index in [-0.39, 0.29) is 11.9 Å². The van der Waals surface area contributed by atoms with Gasteiger partial charge in [0.05, 0.1) is 10.6 Å². The van der Waals surface area contributed by atoms with Crippen LogP contribution in [0.1, 0.15) is 6.92 Å². The van der Waals surface area contributed by atoms with E-state index in [1.165, 1.54) is 0 Å². The van der Waals surface area contributed by atoms with Crippen LogP contribution in [0, 0.1) is 0 Å². The second kappa shape index (κ2) is 9.01. The van der Waals surface area contributed by atoms with Gasteiger partial charge in [-0.3, -0.25) is 5.32 Å². The number of alkyl halides is 3. The third kappa shape index (κ3) is 5.41. The number of nitrogens with zero attached hydrogens (tertiary/aromatic N) is 3. The first-order chi connectivity index (χ1) is 13.1. The number of anilines is 1. The number of piperazine rings is 1. The minimum atomic E-state index is -4.54. The highest BCUT2D eigenvalue weighted by molar-refractivity contribution is 6.32. The van der Waals surface area contributed by atoms with Crippen molar-refractivity contribution in [3.8, 4) is 0 Å². The highest BCUT2D eigenvalue weighted by Gasteiger charge is 2.31. The van der Waals surface area contributed by atoms with Crippen molar-refractivity contribution in [1.82, 2.24) is 15.2 Å². The van der Waals surface area contributed by atoms with E-state index in [0.29, 0.717) is 36.6 Å². The summed E-state index contributed by atoms with van der Waals surface area (Å²) in [5.41, 5.74) is 4.67. The number of halogens is 4. The monoisotopic (exact) mass is 415 g/mol. The Labute approximate surface area is 166 Å². The predicted molar refractivity (Wildman–Crippen MR) is 103 cm³/mol. The normalized spacial score (nSPS) is 18.8. The number of hydrogen-bond acceptors (Lipinski definition) is 4. The van der Waals surface area contributed by atoms with Crippen molar-refractivity contribution >= 4 is 23.4 Å². The van der Waals surface area contributed by atoms with E-state index in [2.05, 4.69) is 16.9 Å². The maximum Gasteiger partial charge on any atom is 0.416 e. The molecule has 1 fully saturated rings. The van der Waals surface area contributed by atoms with Crippen molar-refractivity contribution in [3.05, 3.63) is 59.6 Å². The minimum Gasteiger partial charge on any atom is -0.385 e. The number of carbonyl (C=O) groups is 1. The summed E-state index contributed by atoms with van der Waals surface area (Å²) < 4.78 is 38.0. The zero-order valence-electron chi connectivity index (χ0n) is 15.2.